The van der Waals surface area contributed by atoms with Gasteiger partial charge < -0.3 is 16.2 Å². The van der Waals surface area contributed by atoms with Gasteiger partial charge in [0.1, 0.15) is 0 Å². The third-order valence-electron chi connectivity index (χ3n) is 3.10. The van der Waals surface area contributed by atoms with Crippen LogP contribution in [0.5, 0.6) is 0 Å². The van der Waals surface area contributed by atoms with Crippen LogP contribution in [-0.4, -0.2) is 23.5 Å². The Morgan fingerprint density at radius 2 is 2.05 bits per heavy atom. The molecule has 4 N–H and O–H groups in total. The summed E-state index contributed by atoms with van der Waals surface area (Å²) in [4.78, 5) is 23.3. The molecule has 0 radical (unpaired) electrons. The zero-order chi connectivity index (χ0) is 16.0. The van der Waals surface area contributed by atoms with Crippen molar-refractivity contribution in [2.75, 3.05) is 11.9 Å². The molecule has 1 rings (SSSR count). The van der Waals surface area contributed by atoms with Crippen molar-refractivity contribution >= 4 is 40.2 Å². The summed E-state index contributed by atoms with van der Waals surface area (Å²) in [5.41, 5.74) is 6.11. The quantitative estimate of drug-likeness (QED) is 0.610. The van der Waals surface area contributed by atoms with Crippen LogP contribution in [0.25, 0.3) is 0 Å². The maximum atomic E-state index is 12.1. The number of nitrogens with one attached hydrogen (secondary N) is 1. The van der Waals surface area contributed by atoms with E-state index in [4.69, 9.17) is 5.73 Å². The number of halogens is 1. The molecule has 1 atom stereocenters. The second-order valence-corrected chi connectivity index (χ2v) is 6.72. The third kappa shape index (κ3) is 6.01. The van der Waals surface area contributed by atoms with E-state index in [2.05, 4.69) is 19.2 Å². The Labute approximate surface area is 138 Å². The van der Waals surface area contributed by atoms with Gasteiger partial charge in [-0.15, -0.1) is 0 Å². The Morgan fingerprint density at radius 1 is 1.38 bits per heavy atom. The van der Waals surface area contributed by atoms with E-state index in [0.717, 1.165) is 9.99 Å². The normalized spacial score (nSPS) is 12.2. The van der Waals surface area contributed by atoms with Gasteiger partial charge >= 0.3 is 5.97 Å². The lowest BCUT2D eigenvalue weighted by atomic mass is 9.94. The van der Waals surface area contributed by atoms with Crippen molar-refractivity contribution in [3.8, 4) is 0 Å². The molecule has 0 saturated heterocycles. The van der Waals surface area contributed by atoms with Crippen LogP contribution in [0.1, 0.15) is 37.0 Å². The number of nitrogens with two attached hydrogens (primary N) is 1. The molecule has 0 heterocycles. The molecule has 6 heteroatoms. The number of aromatic carboxylic acids is 1. The number of benzene rings is 1. The highest BCUT2D eigenvalue weighted by atomic mass is 127. The van der Waals surface area contributed by atoms with Crippen molar-refractivity contribution in [1.29, 1.82) is 0 Å². The van der Waals surface area contributed by atoms with Crippen molar-refractivity contribution in [2.45, 2.75) is 26.7 Å². The summed E-state index contributed by atoms with van der Waals surface area (Å²) in [6.07, 6.45) is 1.18. The average Bonchev–Trinajstić information content (AvgIpc) is 2.39. The number of hydrogen-bond acceptors (Lipinski definition) is 3. The van der Waals surface area contributed by atoms with Crippen LogP contribution in [0.4, 0.5) is 5.69 Å². The molecule has 0 aromatic heterocycles. The molecule has 1 amide bonds. The van der Waals surface area contributed by atoms with Gasteiger partial charge in [-0.1, -0.05) is 13.8 Å². The minimum absolute atomic E-state index is 0.100. The van der Waals surface area contributed by atoms with Gasteiger partial charge in [0.2, 0.25) is 5.91 Å². The summed E-state index contributed by atoms with van der Waals surface area (Å²) in [6.45, 7) is 4.62. The monoisotopic (exact) mass is 404 g/mol. The molecular formula is C15H21IN2O3. The molecule has 5 nitrogen and oxygen atoms in total. The number of carboxylic acid groups (broad SMARTS) is 1. The lowest BCUT2D eigenvalue weighted by Crippen LogP contribution is -2.24. The van der Waals surface area contributed by atoms with Gasteiger partial charge in [-0.3, -0.25) is 4.79 Å². The Balaban J connectivity index is 2.77. The molecule has 21 heavy (non-hydrogen) atoms. The van der Waals surface area contributed by atoms with Crippen LogP contribution in [0.2, 0.25) is 0 Å². The van der Waals surface area contributed by atoms with E-state index in [9.17, 15) is 14.7 Å². The third-order valence-corrected chi connectivity index (χ3v) is 3.77. The van der Waals surface area contributed by atoms with Gasteiger partial charge in [0, 0.05) is 9.99 Å². The highest BCUT2D eigenvalue weighted by Crippen LogP contribution is 2.21. The Bertz CT molecular complexity index is 518. The summed E-state index contributed by atoms with van der Waals surface area (Å²) in [5.74, 6) is -0.669. The van der Waals surface area contributed by atoms with Crippen LogP contribution in [0.3, 0.4) is 0 Å². The number of carboxylic acids is 1. The van der Waals surface area contributed by atoms with Gasteiger partial charge in [0.05, 0.1) is 11.3 Å². The fraction of sp³-hybridized carbons (Fsp3) is 0.467. The zero-order valence-corrected chi connectivity index (χ0v) is 14.4. The predicted molar refractivity (Wildman–Crippen MR) is 91.4 cm³/mol. The summed E-state index contributed by atoms with van der Waals surface area (Å²) in [7, 11) is 0. The molecule has 0 fully saturated rings. The number of amides is 1. The van der Waals surface area contributed by atoms with Crippen LogP contribution in [-0.2, 0) is 4.79 Å². The lowest BCUT2D eigenvalue weighted by Gasteiger charge is -2.17. The minimum Gasteiger partial charge on any atom is -0.478 e. The summed E-state index contributed by atoms with van der Waals surface area (Å²) >= 11 is 2.04. The largest absolute Gasteiger partial charge is 0.478 e. The number of carbonyl (C=O) groups excluding carboxylic acids is 1. The summed E-state index contributed by atoms with van der Waals surface area (Å²) < 4.78 is 0.808. The smallest absolute Gasteiger partial charge is 0.337 e. The second-order valence-electron chi connectivity index (χ2n) is 5.48. The molecule has 0 aliphatic rings. The first-order chi connectivity index (χ1) is 9.83. The van der Waals surface area contributed by atoms with Gasteiger partial charge in [-0.05, 0) is 65.6 Å². The first-order valence-corrected chi connectivity index (χ1v) is 7.94. The topological polar surface area (TPSA) is 92.4 Å². The molecule has 1 aromatic carbocycles. The van der Waals surface area contributed by atoms with Crippen molar-refractivity contribution < 1.29 is 14.7 Å². The summed E-state index contributed by atoms with van der Waals surface area (Å²) in [6, 6.07) is 4.91. The second kappa shape index (κ2) is 8.33. The van der Waals surface area contributed by atoms with E-state index in [-0.39, 0.29) is 17.4 Å². The predicted octanol–water partition coefficient (Wildman–Crippen LogP) is 2.94. The first kappa shape index (κ1) is 17.9. The average molecular weight is 404 g/mol. The minimum atomic E-state index is -1.05. The molecule has 1 unspecified atom stereocenters. The van der Waals surface area contributed by atoms with E-state index < -0.39 is 5.97 Å². The molecule has 0 spiro atoms. The van der Waals surface area contributed by atoms with Crippen LogP contribution >= 0.6 is 22.6 Å². The van der Waals surface area contributed by atoms with Gasteiger partial charge in [0.25, 0.3) is 0 Å². The Morgan fingerprint density at radius 3 is 2.57 bits per heavy atom. The fourth-order valence-electron chi connectivity index (χ4n) is 2.20. The molecule has 0 saturated carbocycles. The SMILES string of the molecule is CC(C)CC(CN)CC(=O)Nc1ccc(I)cc1C(=O)O. The van der Waals surface area contributed by atoms with Crippen molar-refractivity contribution in [3.63, 3.8) is 0 Å². The summed E-state index contributed by atoms with van der Waals surface area (Å²) in [5, 5.41) is 11.9. The molecule has 116 valence electrons. The van der Waals surface area contributed by atoms with Crippen LogP contribution in [0, 0.1) is 15.4 Å². The number of rotatable bonds is 7. The Kier molecular flexibility index (Phi) is 7.10. The highest BCUT2D eigenvalue weighted by Gasteiger charge is 2.17. The van der Waals surface area contributed by atoms with E-state index in [0.29, 0.717) is 24.6 Å². The van der Waals surface area contributed by atoms with Crippen molar-refractivity contribution in [3.05, 3.63) is 27.3 Å². The maximum absolute atomic E-state index is 12.1. The molecule has 0 bridgehead atoms. The van der Waals surface area contributed by atoms with E-state index >= 15 is 0 Å². The van der Waals surface area contributed by atoms with Gasteiger partial charge in [-0.2, -0.15) is 0 Å². The zero-order valence-electron chi connectivity index (χ0n) is 12.2. The van der Waals surface area contributed by atoms with Crippen molar-refractivity contribution in [1.82, 2.24) is 0 Å². The molecular weight excluding hydrogens is 383 g/mol. The standard InChI is InChI=1S/C15H21IN2O3/c1-9(2)5-10(8-17)6-14(19)18-13-4-3-11(16)7-12(13)15(20)21/h3-4,7,9-10H,5-6,8,17H2,1-2H3,(H,18,19)(H,20,21). The van der Waals surface area contributed by atoms with E-state index in [1.54, 1.807) is 12.1 Å². The van der Waals surface area contributed by atoms with E-state index in [1.807, 2.05) is 22.6 Å². The van der Waals surface area contributed by atoms with E-state index in [1.165, 1.54) is 6.07 Å². The number of hydrogen-bond donors (Lipinski definition) is 3. The Hall–Kier alpha value is -1.15. The number of anilines is 1. The van der Waals surface area contributed by atoms with Gasteiger partial charge in [-0.25, -0.2) is 4.79 Å². The first-order valence-electron chi connectivity index (χ1n) is 6.86. The molecule has 0 aliphatic carbocycles. The van der Waals surface area contributed by atoms with Gasteiger partial charge in [0.15, 0.2) is 0 Å². The molecule has 1 aromatic rings. The van der Waals surface area contributed by atoms with Crippen molar-refractivity contribution in [2.24, 2.45) is 17.6 Å². The fourth-order valence-corrected chi connectivity index (χ4v) is 2.69. The maximum Gasteiger partial charge on any atom is 0.337 e. The number of carbonyl (C=O) groups is 2. The highest BCUT2D eigenvalue weighted by molar-refractivity contribution is 14.1. The molecule has 0 aliphatic heterocycles. The lowest BCUT2D eigenvalue weighted by molar-refractivity contribution is -0.117. The van der Waals surface area contributed by atoms with Crippen LogP contribution < -0.4 is 11.1 Å². The van der Waals surface area contributed by atoms with Crippen LogP contribution in [0.15, 0.2) is 18.2 Å².